The summed E-state index contributed by atoms with van der Waals surface area (Å²) < 4.78 is 26.8. The first-order chi connectivity index (χ1) is 11.6. The van der Waals surface area contributed by atoms with E-state index in [1.807, 2.05) is 25.3 Å². The lowest BCUT2D eigenvalue weighted by molar-refractivity contribution is 0.346. The molecule has 0 unspecified atom stereocenters. The molecule has 0 bridgehead atoms. The van der Waals surface area contributed by atoms with E-state index >= 15 is 0 Å². The Hall–Kier alpha value is -1.70. The average molecular weight is 348 g/mol. The number of aromatic amines is 1. The predicted octanol–water partition coefficient (Wildman–Crippen LogP) is 2.18. The molecule has 1 fully saturated rings. The van der Waals surface area contributed by atoms with Crippen LogP contribution in [0.25, 0.3) is 0 Å². The first kappa shape index (κ1) is 17.1. The van der Waals surface area contributed by atoms with Crippen LogP contribution in [0.5, 0.6) is 0 Å². The van der Waals surface area contributed by atoms with Crippen LogP contribution in [0.1, 0.15) is 36.1 Å². The van der Waals surface area contributed by atoms with Crippen LogP contribution >= 0.6 is 0 Å². The Kier molecular flexibility index (Phi) is 5.33. The van der Waals surface area contributed by atoms with E-state index in [1.54, 1.807) is 16.4 Å². The summed E-state index contributed by atoms with van der Waals surface area (Å²) in [5.41, 5.74) is 3.26. The van der Waals surface area contributed by atoms with Crippen LogP contribution in [0.3, 0.4) is 0 Å². The summed E-state index contributed by atoms with van der Waals surface area (Å²) in [4.78, 5) is 0.388. The second-order valence-electron chi connectivity index (χ2n) is 6.23. The number of nitrogens with one attached hydrogen (secondary N) is 2. The van der Waals surface area contributed by atoms with Gasteiger partial charge in [0.25, 0.3) is 0 Å². The van der Waals surface area contributed by atoms with Gasteiger partial charge in [0.05, 0.1) is 11.1 Å². The molecule has 1 aromatic carbocycles. The van der Waals surface area contributed by atoms with Crippen LogP contribution in [-0.4, -0.2) is 36.0 Å². The summed E-state index contributed by atoms with van der Waals surface area (Å²) in [5, 5.41) is 10.3. The number of piperidine rings is 1. The van der Waals surface area contributed by atoms with Gasteiger partial charge in [0.15, 0.2) is 0 Å². The number of benzene rings is 1. The van der Waals surface area contributed by atoms with Crippen molar-refractivity contribution in [3.63, 3.8) is 0 Å². The fourth-order valence-electron chi connectivity index (χ4n) is 2.93. The number of sulfonamides is 1. The Bertz CT molecular complexity index is 762. The second kappa shape index (κ2) is 7.46. The van der Waals surface area contributed by atoms with Crippen molar-refractivity contribution in [1.82, 2.24) is 19.8 Å². The molecule has 0 radical (unpaired) electrons. The average Bonchev–Trinajstić information content (AvgIpc) is 3.01. The lowest BCUT2D eigenvalue weighted by Crippen LogP contribution is -2.35. The highest BCUT2D eigenvalue weighted by molar-refractivity contribution is 7.89. The highest BCUT2D eigenvalue weighted by atomic mass is 32.2. The molecule has 2 N–H and O–H groups in total. The standard InChI is InChI=1S/C17H24N4O2S/c1-14-16(13-19-20-14)12-18-11-15-5-7-17(8-6-15)24(22,23)21-9-3-2-4-10-21/h5-8,13,18H,2-4,9-12H2,1H3,(H,19,20). The van der Waals surface area contributed by atoms with E-state index in [-0.39, 0.29) is 0 Å². The van der Waals surface area contributed by atoms with Gasteiger partial charge < -0.3 is 5.32 Å². The van der Waals surface area contributed by atoms with Crippen LogP contribution in [0.4, 0.5) is 0 Å². The molecule has 1 aliphatic heterocycles. The quantitative estimate of drug-likeness (QED) is 0.839. The van der Waals surface area contributed by atoms with Gasteiger partial charge in [-0.1, -0.05) is 18.6 Å². The number of rotatable bonds is 6. The molecular formula is C17H24N4O2S. The van der Waals surface area contributed by atoms with Crippen LogP contribution < -0.4 is 5.32 Å². The van der Waals surface area contributed by atoms with Crippen LogP contribution in [0.2, 0.25) is 0 Å². The number of aromatic nitrogens is 2. The maximum absolute atomic E-state index is 12.6. The maximum Gasteiger partial charge on any atom is 0.243 e. The molecule has 1 aliphatic rings. The molecule has 1 saturated heterocycles. The van der Waals surface area contributed by atoms with E-state index < -0.39 is 10.0 Å². The maximum atomic E-state index is 12.6. The Morgan fingerprint density at radius 2 is 1.83 bits per heavy atom. The van der Waals surface area contributed by atoms with Gasteiger partial charge in [-0.3, -0.25) is 5.10 Å². The third-order valence-electron chi connectivity index (χ3n) is 4.46. The SMILES string of the molecule is Cc1[nH]ncc1CNCc1ccc(S(=O)(=O)N2CCCCC2)cc1. The van der Waals surface area contributed by atoms with E-state index in [9.17, 15) is 8.42 Å². The van der Waals surface area contributed by atoms with Gasteiger partial charge in [0, 0.05) is 37.4 Å². The van der Waals surface area contributed by atoms with Crippen molar-refractivity contribution in [2.75, 3.05) is 13.1 Å². The van der Waals surface area contributed by atoms with Crippen molar-refractivity contribution in [3.8, 4) is 0 Å². The minimum atomic E-state index is -3.34. The first-order valence-electron chi connectivity index (χ1n) is 8.36. The van der Waals surface area contributed by atoms with Gasteiger partial charge in [-0.05, 0) is 37.5 Å². The minimum absolute atomic E-state index is 0.388. The molecule has 0 saturated carbocycles. The van der Waals surface area contributed by atoms with Crippen LogP contribution in [-0.2, 0) is 23.1 Å². The molecule has 2 aromatic rings. The Morgan fingerprint density at radius 3 is 2.46 bits per heavy atom. The smallest absolute Gasteiger partial charge is 0.243 e. The zero-order chi connectivity index (χ0) is 17.0. The van der Waals surface area contributed by atoms with Crippen molar-refractivity contribution in [2.24, 2.45) is 0 Å². The Morgan fingerprint density at radius 1 is 1.12 bits per heavy atom. The predicted molar refractivity (Wildman–Crippen MR) is 92.9 cm³/mol. The summed E-state index contributed by atoms with van der Waals surface area (Å²) in [6, 6.07) is 7.19. The number of nitrogens with zero attached hydrogens (tertiary/aromatic N) is 2. The molecule has 0 aliphatic carbocycles. The Balaban J connectivity index is 1.59. The van der Waals surface area contributed by atoms with E-state index in [1.165, 1.54) is 0 Å². The summed E-state index contributed by atoms with van der Waals surface area (Å²) in [6.07, 6.45) is 4.84. The van der Waals surface area contributed by atoms with Gasteiger partial charge in [-0.15, -0.1) is 0 Å². The fourth-order valence-corrected chi connectivity index (χ4v) is 4.45. The number of hydrogen-bond donors (Lipinski definition) is 2. The molecule has 7 heteroatoms. The summed E-state index contributed by atoms with van der Waals surface area (Å²) in [5.74, 6) is 0. The molecule has 2 heterocycles. The number of aryl methyl sites for hydroxylation is 1. The largest absolute Gasteiger partial charge is 0.308 e. The van der Waals surface area contributed by atoms with Crippen molar-refractivity contribution >= 4 is 10.0 Å². The topological polar surface area (TPSA) is 78.1 Å². The van der Waals surface area contributed by atoms with Gasteiger partial charge in [0.1, 0.15) is 0 Å². The number of H-pyrrole nitrogens is 1. The lowest BCUT2D eigenvalue weighted by atomic mass is 10.2. The molecule has 6 nitrogen and oxygen atoms in total. The van der Waals surface area contributed by atoms with Gasteiger partial charge in [-0.25, -0.2) is 8.42 Å². The Labute approximate surface area is 143 Å². The third-order valence-corrected chi connectivity index (χ3v) is 6.37. The van der Waals surface area contributed by atoms with E-state index in [0.29, 0.717) is 24.5 Å². The normalized spacial score (nSPS) is 16.4. The zero-order valence-electron chi connectivity index (χ0n) is 14.0. The van der Waals surface area contributed by atoms with Crippen molar-refractivity contribution < 1.29 is 8.42 Å². The summed E-state index contributed by atoms with van der Waals surface area (Å²) >= 11 is 0. The minimum Gasteiger partial charge on any atom is -0.308 e. The van der Waals surface area contributed by atoms with Crippen molar-refractivity contribution in [1.29, 1.82) is 0 Å². The number of hydrogen-bond acceptors (Lipinski definition) is 4. The molecular weight excluding hydrogens is 324 g/mol. The highest BCUT2D eigenvalue weighted by Gasteiger charge is 2.25. The van der Waals surface area contributed by atoms with Gasteiger partial charge in [-0.2, -0.15) is 9.40 Å². The lowest BCUT2D eigenvalue weighted by Gasteiger charge is -2.25. The summed E-state index contributed by atoms with van der Waals surface area (Å²) in [6.45, 7) is 4.68. The molecule has 130 valence electrons. The third kappa shape index (κ3) is 3.85. The molecule has 1 aromatic heterocycles. The van der Waals surface area contributed by atoms with E-state index in [4.69, 9.17) is 0 Å². The van der Waals surface area contributed by atoms with Gasteiger partial charge in [0.2, 0.25) is 10.0 Å². The molecule has 0 spiro atoms. The van der Waals surface area contributed by atoms with Gasteiger partial charge >= 0.3 is 0 Å². The highest BCUT2D eigenvalue weighted by Crippen LogP contribution is 2.20. The van der Waals surface area contributed by atoms with E-state index in [0.717, 1.165) is 42.6 Å². The second-order valence-corrected chi connectivity index (χ2v) is 8.17. The van der Waals surface area contributed by atoms with Crippen LogP contribution in [0.15, 0.2) is 35.4 Å². The van der Waals surface area contributed by atoms with Crippen molar-refractivity contribution in [3.05, 3.63) is 47.3 Å². The van der Waals surface area contributed by atoms with Crippen molar-refractivity contribution in [2.45, 2.75) is 44.2 Å². The fraction of sp³-hybridized carbons (Fsp3) is 0.471. The molecule has 0 atom stereocenters. The molecule has 24 heavy (non-hydrogen) atoms. The zero-order valence-corrected chi connectivity index (χ0v) is 14.8. The monoisotopic (exact) mass is 348 g/mol. The molecule has 3 rings (SSSR count). The first-order valence-corrected chi connectivity index (χ1v) is 9.80. The summed E-state index contributed by atoms with van der Waals surface area (Å²) in [7, 11) is -3.34. The van der Waals surface area contributed by atoms with E-state index in [2.05, 4.69) is 15.5 Å². The molecule has 0 amide bonds. The van der Waals surface area contributed by atoms with Crippen LogP contribution in [0, 0.1) is 6.92 Å².